The van der Waals surface area contributed by atoms with Crippen molar-refractivity contribution in [3.05, 3.63) is 46.5 Å². The second kappa shape index (κ2) is 8.54. The van der Waals surface area contributed by atoms with Gasteiger partial charge in [-0.25, -0.2) is 4.79 Å². The minimum absolute atomic E-state index is 0.114. The fraction of sp³-hybridized carbons (Fsp3) is 0.500. The maximum atomic E-state index is 12.8. The van der Waals surface area contributed by atoms with Crippen LogP contribution in [0.1, 0.15) is 80.5 Å². The highest BCUT2D eigenvalue weighted by Gasteiger charge is 2.36. The van der Waals surface area contributed by atoms with Crippen LogP contribution >= 0.6 is 0 Å². The van der Waals surface area contributed by atoms with Crippen LogP contribution in [0.2, 0.25) is 0 Å². The molecule has 3 rings (SSSR count). The number of carbonyl (C=O) groups is 4. The summed E-state index contributed by atoms with van der Waals surface area (Å²) in [5.74, 6) is -0.743. The second-order valence-corrected chi connectivity index (χ2v) is 8.94. The molecule has 30 heavy (non-hydrogen) atoms. The Morgan fingerprint density at radius 3 is 2.37 bits per heavy atom. The number of amides is 1. The molecule has 1 amide bonds. The first-order valence-electron chi connectivity index (χ1n) is 10.5. The number of hydrogen-bond donors (Lipinski definition) is 0. The van der Waals surface area contributed by atoms with Gasteiger partial charge in [-0.1, -0.05) is 24.3 Å². The minimum Gasteiger partial charge on any atom is -0.458 e. The highest BCUT2D eigenvalue weighted by molar-refractivity contribution is 6.26. The molecule has 6 heteroatoms. The van der Waals surface area contributed by atoms with Crippen molar-refractivity contribution in [3.63, 3.8) is 0 Å². The van der Waals surface area contributed by atoms with Gasteiger partial charge in [0.1, 0.15) is 11.6 Å². The molecular weight excluding hydrogens is 382 g/mol. The fourth-order valence-electron chi connectivity index (χ4n) is 4.09. The SMILES string of the molecule is CC1=C(CCCC(=O)N2CCC[C@H]2C(=O)OC(C)(C)C)C(=O)c2ccccc2C1=O. The molecule has 2 aliphatic rings. The summed E-state index contributed by atoms with van der Waals surface area (Å²) in [4.78, 5) is 52.2. The van der Waals surface area contributed by atoms with Crippen LogP contribution in [0, 0.1) is 0 Å². The highest BCUT2D eigenvalue weighted by Crippen LogP contribution is 2.29. The van der Waals surface area contributed by atoms with Gasteiger partial charge in [0, 0.05) is 35.2 Å². The lowest BCUT2D eigenvalue weighted by molar-refractivity contribution is -0.163. The van der Waals surface area contributed by atoms with E-state index in [4.69, 9.17) is 4.74 Å². The summed E-state index contributed by atoms with van der Waals surface area (Å²) in [6, 6.07) is 6.29. The Bertz CT molecular complexity index is 922. The maximum Gasteiger partial charge on any atom is 0.329 e. The Morgan fingerprint density at radius 1 is 1.10 bits per heavy atom. The zero-order valence-corrected chi connectivity index (χ0v) is 18.1. The van der Waals surface area contributed by atoms with Gasteiger partial charge in [0.05, 0.1) is 0 Å². The quantitative estimate of drug-likeness (QED) is 0.687. The molecule has 0 aromatic heterocycles. The molecule has 6 nitrogen and oxygen atoms in total. The third-order valence-electron chi connectivity index (χ3n) is 5.55. The third-order valence-corrected chi connectivity index (χ3v) is 5.55. The van der Waals surface area contributed by atoms with Gasteiger partial charge < -0.3 is 9.64 Å². The molecule has 160 valence electrons. The van der Waals surface area contributed by atoms with Crippen molar-refractivity contribution in [2.45, 2.75) is 71.4 Å². The first-order valence-corrected chi connectivity index (χ1v) is 10.5. The van der Waals surface area contributed by atoms with E-state index in [1.807, 2.05) is 20.8 Å². The Balaban J connectivity index is 1.62. The minimum atomic E-state index is -0.595. The maximum absolute atomic E-state index is 12.8. The van der Waals surface area contributed by atoms with Gasteiger partial charge >= 0.3 is 5.97 Å². The number of hydrogen-bond acceptors (Lipinski definition) is 5. The van der Waals surface area contributed by atoms with E-state index in [1.165, 1.54) is 0 Å². The molecule has 1 aliphatic heterocycles. The molecule has 0 saturated carbocycles. The van der Waals surface area contributed by atoms with Gasteiger partial charge in [-0.2, -0.15) is 0 Å². The van der Waals surface area contributed by atoms with Crippen LogP contribution < -0.4 is 0 Å². The van der Waals surface area contributed by atoms with Crippen molar-refractivity contribution >= 4 is 23.4 Å². The van der Waals surface area contributed by atoms with Crippen molar-refractivity contribution in [2.75, 3.05) is 6.54 Å². The smallest absolute Gasteiger partial charge is 0.329 e. The highest BCUT2D eigenvalue weighted by atomic mass is 16.6. The molecule has 1 heterocycles. The molecule has 1 aromatic rings. The second-order valence-electron chi connectivity index (χ2n) is 8.94. The van der Waals surface area contributed by atoms with E-state index in [-0.39, 0.29) is 29.9 Å². The molecule has 0 bridgehead atoms. The zero-order chi connectivity index (χ0) is 22.1. The summed E-state index contributed by atoms with van der Waals surface area (Å²) in [6.07, 6.45) is 2.41. The van der Waals surface area contributed by atoms with Crippen molar-refractivity contribution < 1.29 is 23.9 Å². The summed E-state index contributed by atoms with van der Waals surface area (Å²) >= 11 is 0. The van der Waals surface area contributed by atoms with Crippen molar-refractivity contribution in [1.82, 2.24) is 4.90 Å². The van der Waals surface area contributed by atoms with Crippen molar-refractivity contribution in [2.24, 2.45) is 0 Å². The topological polar surface area (TPSA) is 80.8 Å². The van der Waals surface area contributed by atoms with Crippen LogP contribution in [0.5, 0.6) is 0 Å². The largest absolute Gasteiger partial charge is 0.458 e. The molecule has 1 aromatic carbocycles. The van der Waals surface area contributed by atoms with E-state index in [2.05, 4.69) is 0 Å². The summed E-state index contributed by atoms with van der Waals surface area (Å²) < 4.78 is 5.45. The number of likely N-dealkylation sites (tertiary alicyclic amines) is 1. The lowest BCUT2D eigenvalue weighted by Gasteiger charge is -2.27. The first-order chi connectivity index (χ1) is 14.1. The number of ether oxygens (including phenoxy) is 1. The van der Waals surface area contributed by atoms with Gasteiger partial charge in [0.15, 0.2) is 11.6 Å². The van der Waals surface area contributed by atoms with Gasteiger partial charge in [0.2, 0.25) is 5.91 Å². The Morgan fingerprint density at radius 2 is 1.73 bits per heavy atom. The van der Waals surface area contributed by atoms with Crippen molar-refractivity contribution in [3.8, 4) is 0 Å². The van der Waals surface area contributed by atoms with Gasteiger partial charge in [-0.15, -0.1) is 0 Å². The summed E-state index contributed by atoms with van der Waals surface area (Å²) in [5.41, 5.74) is 1.22. The number of nitrogens with zero attached hydrogens (tertiary/aromatic N) is 1. The van der Waals surface area contributed by atoms with E-state index < -0.39 is 11.6 Å². The van der Waals surface area contributed by atoms with E-state index in [0.717, 1.165) is 6.42 Å². The van der Waals surface area contributed by atoms with Crippen LogP contribution in [0.25, 0.3) is 0 Å². The van der Waals surface area contributed by atoms with Crippen LogP contribution in [-0.4, -0.2) is 46.5 Å². The Hall–Kier alpha value is -2.76. The number of Topliss-reactive ketones (excluding diaryl/α,β-unsaturated/α-hetero) is 2. The Labute approximate surface area is 177 Å². The van der Waals surface area contributed by atoms with Gasteiger partial charge in [0.25, 0.3) is 0 Å². The summed E-state index contributed by atoms with van der Waals surface area (Å²) in [5, 5.41) is 0. The van der Waals surface area contributed by atoms with E-state index in [1.54, 1.807) is 36.1 Å². The number of esters is 1. The number of ketones is 2. The zero-order valence-electron chi connectivity index (χ0n) is 18.1. The number of carbonyl (C=O) groups excluding carboxylic acids is 4. The molecule has 1 saturated heterocycles. The van der Waals surface area contributed by atoms with Gasteiger partial charge in [-0.3, -0.25) is 14.4 Å². The lowest BCUT2D eigenvalue weighted by atomic mass is 9.83. The predicted molar refractivity (Wildman–Crippen MR) is 112 cm³/mol. The first kappa shape index (κ1) is 21.9. The van der Waals surface area contributed by atoms with E-state index in [9.17, 15) is 19.2 Å². The summed E-state index contributed by atoms with van der Waals surface area (Å²) in [7, 11) is 0. The number of benzene rings is 1. The third kappa shape index (κ3) is 4.53. The van der Waals surface area contributed by atoms with Gasteiger partial charge in [-0.05, 0) is 53.4 Å². The molecule has 1 aliphatic carbocycles. The molecule has 1 atom stereocenters. The number of allylic oxidation sites excluding steroid dienone is 2. The van der Waals surface area contributed by atoms with E-state index in [0.29, 0.717) is 48.1 Å². The van der Waals surface area contributed by atoms with Crippen LogP contribution in [0.15, 0.2) is 35.4 Å². The molecule has 1 fully saturated rings. The van der Waals surface area contributed by atoms with Crippen LogP contribution in [0.3, 0.4) is 0 Å². The average Bonchev–Trinajstić information content (AvgIpc) is 3.17. The monoisotopic (exact) mass is 411 g/mol. The molecule has 0 radical (unpaired) electrons. The standard InChI is InChI=1S/C24H29NO5/c1-15-16(22(28)18-10-6-5-9-17(18)21(15)27)11-7-13-20(26)25-14-8-12-19(25)23(29)30-24(2,3)4/h5-6,9-10,19H,7-8,11-14H2,1-4H3/t19-/m0/s1. The predicted octanol–water partition coefficient (Wildman–Crippen LogP) is 3.89. The fourth-order valence-corrected chi connectivity index (χ4v) is 4.09. The molecule has 0 N–H and O–H groups in total. The van der Waals surface area contributed by atoms with E-state index >= 15 is 0 Å². The normalized spacial score (nSPS) is 19.2. The Kier molecular flexibility index (Phi) is 6.25. The molecule has 0 unspecified atom stereocenters. The summed E-state index contributed by atoms with van der Waals surface area (Å²) in [6.45, 7) is 7.63. The number of rotatable bonds is 5. The van der Waals surface area contributed by atoms with Crippen LogP contribution in [-0.2, 0) is 14.3 Å². The lowest BCUT2D eigenvalue weighted by Crippen LogP contribution is -2.43. The number of fused-ring (bicyclic) bond motifs is 1. The molecule has 0 spiro atoms. The average molecular weight is 411 g/mol. The molecular formula is C24H29NO5. The van der Waals surface area contributed by atoms with Crippen molar-refractivity contribution in [1.29, 1.82) is 0 Å². The van der Waals surface area contributed by atoms with Crippen LogP contribution in [0.4, 0.5) is 0 Å².